The molecule has 2 rings (SSSR count). The van der Waals surface area contributed by atoms with Crippen LogP contribution in [-0.2, 0) is 13.2 Å². The first kappa shape index (κ1) is 14.2. The molecule has 2 nitrogen and oxygen atoms in total. The van der Waals surface area contributed by atoms with Crippen LogP contribution in [0.15, 0.2) is 42.5 Å². The number of rotatable bonds is 5. The molecule has 2 aromatic rings. The quantitative estimate of drug-likeness (QED) is 0.888. The maximum Gasteiger partial charge on any atom is 0.139 e. The molecule has 0 aliphatic carbocycles. The Morgan fingerprint density at radius 2 is 1.79 bits per heavy atom. The Morgan fingerprint density at radius 3 is 2.53 bits per heavy atom. The lowest BCUT2D eigenvalue weighted by Gasteiger charge is -2.12. The van der Waals surface area contributed by atoms with Crippen molar-refractivity contribution in [3.05, 3.63) is 63.6 Å². The molecule has 0 spiro atoms. The maximum absolute atomic E-state index is 6.07. The van der Waals surface area contributed by atoms with Crippen LogP contribution in [0.4, 0.5) is 0 Å². The Hall–Kier alpha value is -1.22. The lowest BCUT2D eigenvalue weighted by molar-refractivity contribution is 0.305. The molecule has 0 atom stereocenters. The van der Waals surface area contributed by atoms with E-state index in [4.69, 9.17) is 27.9 Å². The molecule has 19 heavy (non-hydrogen) atoms. The molecule has 1 N–H and O–H groups in total. The topological polar surface area (TPSA) is 21.3 Å². The molecular formula is C15H15Cl2NO. The number of hydrogen-bond donors (Lipinski definition) is 1. The number of benzene rings is 2. The summed E-state index contributed by atoms with van der Waals surface area (Å²) < 4.78 is 5.75. The standard InChI is InChI=1S/C15H15Cl2NO/c1-18-9-11-4-2-3-5-12(11)10-19-15-8-13(16)6-7-14(15)17/h2-8,18H,9-10H2,1H3. The highest BCUT2D eigenvalue weighted by atomic mass is 35.5. The van der Waals surface area contributed by atoms with Gasteiger partial charge in [-0.25, -0.2) is 0 Å². The molecule has 0 saturated carbocycles. The summed E-state index contributed by atoms with van der Waals surface area (Å²) in [5, 5.41) is 4.32. The molecule has 100 valence electrons. The molecule has 0 heterocycles. The molecule has 4 heteroatoms. The summed E-state index contributed by atoms with van der Waals surface area (Å²) in [5.41, 5.74) is 2.34. The van der Waals surface area contributed by atoms with Crippen LogP contribution in [0.25, 0.3) is 0 Å². The fourth-order valence-electron chi connectivity index (χ4n) is 1.80. The fourth-order valence-corrected chi connectivity index (χ4v) is 2.14. The average Bonchev–Trinajstić information content (AvgIpc) is 2.42. The van der Waals surface area contributed by atoms with Crippen LogP contribution in [0.5, 0.6) is 5.75 Å². The second-order valence-electron chi connectivity index (χ2n) is 4.16. The first-order valence-corrected chi connectivity index (χ1v) is 6.75. The smallest absolute Gasteiger partial charge is 0.139 e. The number of ether oxygens (including phenoxy) is 1. The van der Waals surface area contributed by atoms with Crippen LogP contribution < -0.4 is 10.1 Å². The van der Waals surface area contributed by atoms with E-state index < -0.39 is 0 Å². The van der Waals surface area contributed by atoms with Crippen molar-refractivity contribution in [1.82, 2.24) is 5.32 Å². The summed E-state index contributed by atoms with van der Waals surface area (Å²) >= 11 is 12.0. The van der Waals surface area contributed by atoms with Crippen LogP contribution in [0.2, 0.25) is 10.0 Å². The minimum absolute atomic E-state index is 0.470. The maximum atomic E-state index is 6.07. The SMILES string of the molecule is CNCc1ccccc1COc1cc(Cl)ccc1Cl. The first-order valence-electron chi connectivity index (χ1n) is 6.00. The Bertz CT molecular complexity index is 558. The average molecular weight is 296 g/mol. The van der Waals surface area contributed by atoms with Crippen LogP contribution in [0.1, 0.15) is 11.1 Å². The van der Waals surface area contributed by atoms with Gasteiger partial charge >= 0.3 is 0 Å². The van der Waals surface area contributed by atoms with E-state index in [-0.39, 0.29) is 0 Å². The molecular weight excluding hydrogens is 281 g/mol. The van der Waals surface area contributed by atoms with Gasteiger partial charge in [-0.3, -0.25) is 0 Å². The van der Waals surface area contributed by atoms with Gasteiger partial charge in [-0.05, 0) is 30.3 Å². The van der Waals surface area contributed by atoms with E-state index >= 15 is 0 Å². The van der Waals surface area contributed by atoms with Crippen molar-refractivity contribution in [2.24, 2.45) is 0 Å². The summed E-state index contributed by atoms with van der Waals surface area (Å²) in [6, 6.07) is 13.3. The van der Waals surface area contributed by atoms with Gasteiger partial charge in [-0.1, -0.05) is 47.5 Å². The Morgan fingerprint density at radius 1 is 1.05 bits per heavy atom. The molecule has 2 aromatic carbocycles. The van der Waals surface area contributed by atoms with E-state index in [0.29, 0.717) is 22.4 Å². The molecule has 0 fully saturated rings. The van der Waals surface area contributed by atoms with Crippen molar-refractivity contribution < 1.29 is 4.74 Å². The van der Waals surface area contributed by atoms with Crippen molar-refractivity contribution in [1.29, 1.82) is 0 Å². The van der Waals surface area contributed by atoms with E-state index in [1.165, 1.54) is 5.56 Å². The minimum Gasteiger partial charge on any atom is -0.487 e. The number of halogens is 2. The Balaban J connectivity index is 2.12. The van der Waals surface area contributed by atoms with E-state index in [1.807, 2.05) is 25.2 Å². The van der Waals surface area contributed by atoms with E-state index in [2.05, 4.69) is 11.4 Å². The van der Waals surface area contributed by atoms with Gasteiger partial charge in [0.1, 0.15) is 12.4 Å². The molecule has 0 amide bonds. The summed E-state index contributed by atoms with van der Waals surface area (Å²) in [6.07, 6.45) is 0. The predicted molar refractivity (Wildman–Crippen MR) is 80.0 cm³/mol. The lowest BCUT2D eigenvalue weighted by Crippen LogP contribution is -2.09. The third-order valence-corrected chi connectivity index (χ3v) is 3.31. The summed E-state index contributed by atoms with van der Waals surface area (Å²) in [7, 11) is 1.92. The fraction of sp³-hybridized carbons (Fsp3) is 0.200. The van der Waals surface area contributed by atoms with Crippen molar-refractivity contribution >= 4 is 23.2 Å². The summed E-state index contributed by atoms with van der Waals surface area (Å²) in [6.45, 7) is 1.28. The zero-order chi connectivity index (χ0) is 13.7. The highest BCUT2D eigenvalue weighted by Crippen LogP contribution is 2.28. The second kappa shape index (κ2) is 6.80. The zero-order valence-corrected chi connectivity index (χ0v) is 12.1. The Labute approximate surface area is 123 Å². The summed E-state index contributed by atoms with van der Waals surface area (Å²) in [4.78, 5) is 0. The highest BCUT2D eigenvalue weighted by Gasteiger charge is 2.05. The Kier molecular flexibility index (Phi) is 5.08. The summed E-state index contributed by atoms with van der Waals surface area (Å²) in [5.74, 6) is 0.605. The molecule has 0 bridgehead atoms. The molecule has 0 aromatic heterocycles. The number of nitrogens with one attached hydrogen (secondary N) is 1. The zero-order valence-electron chi connectivity index (χ0n) is 10.6. The second-order valence-corrected chi connectivity index (χ2v) is 5.01. The van der Waals surface area contributed by atoms with Gasteiger partial charge in [0.25, 0.3) is 0 Å². The van der Waals surface area contributed by atoms with E-state index in [9.17, 15) is 0 Å². The van der Waals surface area contributed by atoms with Gasteiger partial charge < -0.3 is 10.1 Å². The highest BCUT2D eigenvalue weighted by molar-refractivity contribution is 6.34. The van der Waals surface area contributed by atoms with Crippen LogP contribution in [-0.4, -0.2) is 7.05 Å². The molecule has 0 radical (unpaired) electrons. The van der Waals surface area contributed by atoms with Gasteiger partial charge in [0.2, 0.25) is 0 Å². The lowest BCUT2D eigenvalue weighted by atomic mass is 10.1. The third-order valence-electron chi connectivity index (χ3n) is 2.76. The van der Waals surface area contributed by atoms with Crippen LogP contribution in [0, 0.1) is 0 Å². The monoisotopic (exact) mass is 295 g/mol. The first-order chi connectivity index (χ1) is 9.20. The largest absolute Gasteiger partial charge is 0.487 e. The van der Waals surface area contributed by atoms with Crippen molar-refractivity contribution in [3.8, 4) is 5.75 Å². The van der Waals surface area contributed by atoms with Crippen LogP contribution in [0.3, 0.4) is 0 Å². The van der Waals surface area contributed by atoms with Crippen molar-refractivity contribution in [2.75, 3.05) is 7.05 Å². The van der Waals surface area contributed by atoms with Gasteiger partial charge in [0, 0.05) is 17.6 Å². The van der Waals surface area contributed by atoms with E-state index in [0.717, 1.165) is 12.1 Å². The van der Waals surface area contributed by atoms with Gasteiger partial charge in [0.15, 0.2) is 0 Å². The van der Waals surface area contributed by atoms with Crippen LogP contribution >= 0.6 is 23.2 Å². The molecule has 0 aliphatic rings. The molecule has 0 unspecified atom stereocenters. The minimum atomic E-state index is 0.470. The van der Waals surface area contributed by atoms with Crippen molar-refractivity contribution in [2.45, 2.75) is 13.2 Å². The van der Waals surface area contributed by atoms with Gasteiger partial charge in [0.05, 0.1) is 5.02 Å². The van der Waals surface area contributed by atoms with E-state index in [1.54, 1.807) is 18.2 Å². The van der Waals surface area contributed by atoms with Gasteiger partial charge in [-0.2, -0.15) is 0 Å². The number of hydrogen-bond acceptors (Lipinski definition) is 2. The van der Waals surface area contributed by atoms with Gasteiger partial charge in [-0.15, -0.1) is 0 Å². The predicted octanol–water partition coefficient (Wildman–Crippen LogP) is 4.29. The normalized spacial score (nSPS) is 10.5. The third kappa shape index (κ3) is 3.87. The molecule has 0 aliphatic heterocycles. The molecule has 0 saturated heterocycles. The van der Waals surface area contributed by atoms with Crippen molar-refractivity contribution in [3.63, 3.8) is 0 Å².